The van der Waals surface area contributed by atoms with Gasteiger partial charge in [0.05, 0.1) is 12.4 Å². The third-order valence-electron chi connectivity index (χ3n) is 4.00. The molecule has 1 aliphatic rings. The molecule has 1 aromatic carbocycles. The minimum absolute atomic E-state index is 0.0667. The number of benzene rings is 1. The lowest BCUT2D eigenvalue weighted by Crippen LogP contribution is -2.34. The minimum atomic E-state index is -3.58. The second-order valence-corrected chi connectivity index (χ2v) is 8.62. The molecule has 0 aliphatic heterocycles. The molecule has 1 fully saturated rings. The Morgan fingerprint density at radius 3 is 2.19 bits per heavy atom. The van der Waals surface area contributed by atoms with Gasteiger partial charge < -0.3 is 4.74 Å². The summed E-state index contributed by atoms with van der Waals surface area (Å²) in [4.78, 5) is 0. The number of halogens is 2. The molecular weight excluding hydrogens is 315 g/mol. The number of rotatable bonds is 5. The van der Waals surface area contributed by atoms with Gasteiger partial charge in [0.1, 0.15) is 11.6 Å². The van der Waals surface area contributed by atoms with Crippen molar-refractivity contribution in [3.05, 3.63) is 30.1 Å². The number of hydrogen-bond acceptors (Lipinski definition) is 3. The fraction of sp³-hybridized carbons (Fsp3) is 0.600. The molecule has 0 amide bonds. The van der Waals surface area contributed by atoms with E-state index < -0.39 is 14.5 Å². The van der Waals surface area contributed by atoms with Crippen LogP contribution in [0.5, 0.6) is 5.75 Å². The zero-order valence-corrected chi connectivity index (χ0v) is 13.4. The maximum Gasteiger partial charge on any atom is 0.233 e. The predicted molar refractivity (Wildman–Crippen MR) is 81.7 cm³/mol. The van der Waals surface area contributed by atoms with Gasteiger partial charge in [-0.25, -0.2) is 12.8 Å². The van der Waals surface area contributed by atoms with Crippen LogP contribution in [0.3, 0.4) is 0 Å². The summed E-state index contributed by atoms with van der Waals surface area (Å²) in [7, 11) is 1.90. The van der Waals surface area contributed by atoms with Crippen molar-refractivity contribution in [3.8, 4) is 5.75 Å². The highest BCUT2D eigenvalue weighted by molar-refractivity contribution is 8.13. The highest BCUT2D eigenvalue weighted by atomic mass is 35.7. The Bertz CT molecular complexity index is 549. The SMILES string of the molecule is O=S(=O)(Cl)CC1(COc2ccc(F)cc2)CCCCCC1. The summed E-state index contributed by atoms with van der Waals surface area (Å²) in [6, 6.07) is 5.75. The van der Waals surface area contributed by atoms with Crippen LogP contribution in [-0.2, 0) is 9.05 Å². The summed E-state index contributed by atoms with van der Waals surface area (Å²) in [5, 5.41) is 0. The Balaban J connectivity index is 2.09. The maximum absolute atomic E-state index is 12.9. The smallest absolute Gasteiger partial charge is 0.233 e. The van der Waals surface area contributed by atoms with Crippen molar-refractivity contribution in [3.63, 3.8) is 0 Å². The van der Waals surface area contributed by atoms with Gasteiger partial charge in [-0.3, -0.25) is 0 Å². The van der Waals surface area contributed by atoms with Gasteiger partial charge in [-0.05, 0) is 37.1 Å². The van der Waals surface area contributed by atoms with E-state index in [1.807, 2.05) is 0 Å². The lowest BCUT2D eigenvalue weighted by atomic mass is 9.83. The molecule has 0 atom stereocenters. The van der Waals surface area contributed by atoms with Crippen LogP contribution in [0.15, 0.2) is 24.3 Å². The molecule has 21 heavy (non-hydrogen) atoms. The molecular formula is C15H20ClFO3S. The monoisotopic (exact) mass is 334 g/mol. The average molecular weight is 335 g/mol. The molecule has 0 heterocycles. The second-order valence-electron chi connectivity index (χ2n) is 5.84. The van der Waals surface area contributed by atoms with Gasteiger partial charge in [0.25, 0.3) is 0 Å². The molecule has 0 radical (unpaired) electrons. The van der Waals surface area contributed by atoms with E-state index in [0.29, 0.717) is 12.4 Å². The van der Waals surface area contributed by atoms with Gasteiger partial charge in [0, 0.05) is 16.1 Å². The van der Waals surface area contributed by atoms with Crippen LogP contribution < -0.4 is 4.74 Å². The van der Waals surface area contributed by atoms with Gasteiger partial charge in [-0.1, -0.05) is 25.7 Å². The van der Waals surface area contributed by atoms with E-state index >= 15 is 0 Å². The Kier molecular flexibility index (Phi) is 5.49. The Morgan fingerprint density at radius 2 is 1.67 bits per heavy atom. The fourth-order valence-corrected chi connectivity index (χ4v) is 4.74. The first-order chi connectivity index (χ1) is 9.89. The minimum Gasteiger partial charge on any atom is -0.493 e. The van der Waals surface area contributed by atoms with E-state index in [1.165, 1.54) is 12.1 Å². The van der Waals surface area contributed by atoms with Gasteiger partial charge in [0.15, 0.2) is 0 Å². The lowest BCUT2D eigenvalue weighted by Gasteiger charge is -2.31. The zero-order chi connectivity index (χ0) is 15.3. The van der Waals surface area contributed by atoms with Crippen molar-refractivity contribution in [1.82, 2.24) is 0 Å². The van der Waals surface area contributed by atoms with Gasteiger partial charge >= 0.3 is 0 Å². The van der Waals surface area contributed by atoms with Crippen molar-refractivity contribution in [2.24, 2.45) is 5.41 Å². The highest BCUT2D eigenvalue weighted by Crippen LogP contribution is 2.37. The first-order valence-corrected chi connectivity index (χ1v) is 9.67. The molecule has 0 unspecified atom stereocenters. The molecule has 0 N–H and O–H groups in total. The number of hydrogen-bond donors (Lipinski definition) is 0. The average Bonchev–Trinajstić information content (AvgIpc) is 2.62. The summed E-state index contributed by atoms with van der Waals surface area (Å²) in [5.74, 6) is 0.157. The molecule has 3 nitrogen and oxygen atoms in total. The number of ether oxygens (including phenoxy) is 1. The van der Waals surface area contributed by atoms with E-state index in [-0.39, 0.29) is 11.6 Å². The normalized spacial score (nSPS) is 19.0. The van der Waals surface area contributed by atoms with E-state index in [9.17, 15) is 12.8 Å². The fourth-order valence-electron chi connectivity index (χ4n) is 2.94. The molecule has 1 saturated carbocycles. The Hall–Kier alpha value is -0.810. The van der Waals surface area contributed by atoms with Crippen LogP contribution in [0.1, 0.15) is 38.5 Å². The van der Waals surface area contributed by atoms with Crippen LogP contribution >= 0.6 is 10.7 Å². The zero-order valence-electron chi connectivity index (χ0n) is 11.9. The Morgan fingerprint density at radius 1 is 1.10 bits per heavy atom. The predicted octanol–water partition coefficient (Wildman–Crippen LogP) is 4.11. The Labute approximate surface area is 129 Å². The van der Waals surface area contributed by atoms with Crippen molar-refractivity contribution >= 4 is 19.7 Å². The van der Waals surface area contributed by atoms with E-state index in [4.69, 9.17) is 15.4 Å². The summed E-state index contributed by atoms with van der Waals surface area (Å²) < 4.78 is 41.7. The third kappa shape index (κ3) is 5.47. The molecule has 0 bridgehead atoms. The van der Waals surface area contributed by atoms with Crippen molar-refractivity contribution in [1.29, 1.82) is 0 Å². The maximum atomic E-state index is 12.9. The molecule has 0 spiro atoms. The molecule has 0 saturated heterocycles. The molecule has 0 aromatic heterocycles. The molecule has 6 heteroatoms. The van der Waals surface area contributed by atoms with Crippen molar-refractivity contribution < 1.29 is 17.5 Å². The van der Waals surface area contributed by atoms with Crippen LogP contribution in [0, 0.1) is 11.2 Å². The van der Waals surface area contributed by atoms with E-state index in [0.717, 1.165) is 38.5 Å². The third-order valence-corrected chi connectivity index (χ3v) is 5.29. The van der Waals surface area contributed by atoms with E-state index in [1.54, 1.807) is 12.1 Å². The standard InChI is InChI=1S/C15H20ClFO3S/c16-21(18,19)12-15(9-3-1-2-4-10-15)11-20-14-7-5-13(17)6-8-14/h5-8H,1-4,9-12H2. The first kappa shape index (κ1) is 16.6. The van der Waals surface area contributed by atoms with Crippen molar-refractivity contribution in [2.45, 2.75) is 38.5 Å². The topological polar surface area (TPSA) is 43.4 Å². The van der Waals surface area contributed by atoms with Crippen LogP contribution in [0.4, 0.5) is 4.39 Å². The van der Waals surface area contributed by atoms with Crippen LogP contribution in [-0.4, -0.2) is 20.8 Å². The lowest BCUT2D eigenvalue weighted by molar-refractivity contribution is 0.146. The van der Waals surface area contributed by atoms with Crippen LogP contribution in [0.2, 0.25) is 0 Å². The summed E-state index contributed by atoms with van der Waals surface area (Å²) in [6.07, 6.45) is 5.78. The first-order valence-electron chi connectivity index (χ1n) is 7.19. The second kappa shape index (κ2) is 6.97. The van der Waals surface area contributed by atoms with Gasteiger partial charge in [-0.2, -0.15) is 0 Å². The highest BCUT2D eigenvalue weighted by Gasteiger charge is 2.36. The molecule has 1 aliphatic carbocycles. The summed E-state index contributed by atoms with van der Waals surface area (Å²) in [5.41, 5.74) is -0.439. The van der Waals surface area contributed by atoms with E-state index in [2.05, 4.69) is 0 Å². The van der Waals surface area contributed by atoms with Gasteiger partial charge in [0.2, 0.25) is 9.05 Å². The summed E-state index contributed by atoms with van der Waals surface area (Å²) in [6.45, 7) is 0.296. The quantitative estimate of drug-likeness (QED) is 0.601. The van der Waals surface area contributed by atoms with Crippen molar-refractivity contribution in [2.75, 3.05) is 12.4 Å². The van der Waals surface area contributed by atoms with Crippen LogP contribution in [0.25, 0.3) is 0 Å². The molecule has 1 aromatic rings. The van der Waals surface area contributed by atoms with Gasteiger partial charge in [-0.15, -0.1) is 0 Å². The summed E-state index contributed by atoms with van der Waals surface area (Å²) >= 11 is 0. The largest absolute Gasteiger partial charge is 0.493 e. The molecule has 2 rings (SSSR count). The molecule has 118 valence electrons.